The van der Waals surface area contributed by atoms with Gasteiger partial charge in [0.15, 0.2) is 0 Å². The summed E-state index contributed by atoms with van der Waals surface area (Å²) in [6.45, 7) is 1.21. The minimum Gasteiger partial charge on any atom is -0.396 e. The second kappa shape index (κ2) is 4.70. The van der Waals surface area contributed by atoms with Crippen molar-refractivity contribution in [3.8, 4) is 0 Å². The van der Waals surface area contributed by atoms with Crippen LogP contribution in [0.25, 0.3) is 0 Å². The van der Waals surface area contributed by atoms with Gasteiger partial charge in [-0.2, -0.15) is 0 Å². The van der Waals surface area contributed by atoms with Crippen LogP contribution in [0.2, 0.25) is 0 Å². The second-order valence-electron chi connectivity index (χ2n) is 3.30. The van der Waals surface area contributed by atoms with Crippen LogP contribution in [0.15, 0.2) is 0 Å². The van der Waals surface area contributed by atoms with Crippen molar-refractivity contribution in [3.63, 3.8) is 0 Å². The third kappa shape index (κ3) is 3.18. The maximum Gasteiger partial charge on any atom is 0.0443 e. The first-order valence-corrected chi connectivity index (χ1v) is 4.42. The Labute approximate surface area is 68.0 Å². The van der Waals surface area contributed by atoms with E-state index in [2.05, 4.69) is 5.32 Å². The molecule has 0 spiro atoms. The minimum absolute atomic E-state index is 0.284. The molecule has 0 radical (unpaired) electrons. The lowest BCUT2D eigenvalue weighted by Crippen LogP contribution is -2.29. The zero-order valence-electron chi connectivity index (χ0n) is 6.92. The molecule has 2 unspecified atom stereocenters. The molecule has 0 bridgehead atoms. The summed E-state index contributed by atoms with van der Waals surface area (Å²) >= 11 is 0. The Kier molecular flexibility index (Phi) is 3.83. The van der Waals surface area contributed by atoms with Crippen molar-refractivity contribution in [3.05, 3.63) is 0 Å². The van der Waals surface area contributed by atoms with Gasteiger partial charge < -0.3 is 16.2 Å². The lowest BCUT2D eigenvalue weighted by Gasteiger charge is -2.10. The molecular formula is C8H18N2O. The third-order valence-corrected chi connectivity index (χ3v) is 2.24. The molecule has 0 aromatic heterocycles. The summed E-state index contributed by atoms with van der Waals surface area (Å²) < 4.78 is 0. The number of rotatable bonds is 4. The van der Waals surface area contributed by atoms with E-state index < -0.39 is 0 Å². The summed E-state index contributed by atoms with van der Waals surface area (Å²) in [7, 11) is 0. The van der Waals surface area contributed by atoms with Gasteiger partial charge in [-0.25, -0.2) is 0 Å². The molecule has 1 saturated carbocycles. The minimum atomic E-state index is 0.284. The zero-order chi connectivity index (χ0) is 8.10. The molecule has 0 amide bonds. The lowest BCUT2D eigenvalue weighted by molar-refractivity contribution is 0.283. The van der Waals surface area contributed by atoms with Crippen LogP contribution in [0.1, 0.15) is 25.7 Å². The predicted molar refractivity (Wildman–Crippen MR) is 45.3 cm³/mol. The van der Waals surface area contributed by atoms with Crippen molar-refractivity contribution in [1.82, 2.24) is 5.32 Å². The van der Waals surface area contributed by atoms with E-state index in [0.29, 0.717) is 12.1 Å². The van der Waals surface area contributed by atoms with Gasteiger partial charge in [-0.1, -0.05) is 0 Å². The standard InChI is InChI=1S/C8H18N2O/c9-7-2-3-8(6-7)10-4-1-5-11/h7-8,10-11H,1-6,9H2. The van der Waals surface area contributed by atoms with Crippen molar-refractivity contribution >= 4 is 0 Å². The smallest absolute Gasteiger partial charge is 0.0443 e. The molecule has 2 atom stereocenters. The van der Waals surface area contributed by atoms with E-state index in [1.165, 1.54) is 6.42 Å². The highest BCUT2D eigenvalue weighted by Gasteiger charge is 2.20. The predicted octanol–water partition coefficient (Wildman–Crippen LogP) is -0.162. The van der Waals surface area contributed by atoms with Crippen LogP contribution in [0.4, 0.5) is 0 Å². The van der Waals surface area contributed by atoms with Crippen molar-refractivity contribution in [2.24, 2.45) is 5.73 Å². The maximum absolute atomic E-state index is 8.53. The van der Waals surface area contributed by atoms with Gasteiger partial charge in [-0.05, 0) is 32.2 Å². The molecule has 1 fully saturated rings. The Balaban J connectivity index is 1.99. The molecule has 0 heterocycles. The van der Waals surface area contributed by atoms with Gasteiger partial charge in [0.05, 0.1) is 0 Å². The highest BCUT2D eigenvalue weighted by Crippen LogP contribution is 2.16. The summed E-state index contributed by atoms with van der Waals surface area (Å²) in [6.07, 6.45) is 4.31. The van der Waals surface area contributed by atoms with Crippen LogP contribution in [-0.4, -0.2) is 30.3 Å². The van der Waals surface area contributed by atoms with E-state index >= 15 is 0 Å². The molecule has 3 heteroatoms. The SMILES string of the molecule is NC1CCC(NCCCO)C1. The number of aliphatic hydroxyl groups is 1. The summed E-state index contributed by atoms with van der Waals surface area (Å²) in [5, 5.41) is 11.9. The van der Waals surface area contributed by atoms with E-state index in [0.717, 1.165) is 25.8 Å². The number of hydrogen-bond acceptors (Lipinski definition) is 3. The average molecular weight is 158 g/mol. The third-order valence-electron chi connectivity index (χ3n) is 2.24. The Morgan fingerprint density at radius 1 is 1.45 bits per heavy atom. The van der Waals surface area contributed by atoms with Gasteiger partial charge in [0, 0.05) is 18.7 Å². The van der Waals surface area contributed by atoms with E-state index in [1.807, 2.05) is 0 Å². The molecule has 66 valence electrons. The van der Waals surface area contributed by atoms with Gasteiger partial charge in [-0.15, -0.1) is 0 Å². The van der Waals surface area contributed by atoms with Crippen LogP contribution in [0.5, 0.6) is 0 Å². The van der Waals surface area contributed by atoms with E-state index in [9.17, 15) is 0 Å². The molecular weight excluding hydrogens is 140 g/mol. The van der Waals surface area contributed by atoms with Crippen LogP contribution in [0.3, 0.4) is 0 Å². The van der Waals surface area contributed by atoms with Gasteiger partial charge in [-0.3, -0.25) is 0 Å². The molecule has 1 rings (SSSR count). The Morgan fingerprint density at radius 2 is 2.27 bits per heavy atom. The van der Waals surface area contributed by atoms with E-state index in [1.54, 1.807) is 0 Å². The van der Waals surface area contributed by atoms with Gasteiger partial charge >= 0.3 is 0 Å². The van der Waals surface area contributed by atoms with Crippen molar-refractivity contribution in [1.29, 1.82) is 0 Å². The lowest BCUT2D eigenvalue weighted by atomic mass is 10.2. The Hall–Kier alpha value is -0.120. The number of nitrogens with two attached hydrogens (primary N) is 1. The number of aliphatic hydroxyl groups excluding tert-OH is 1. The van der Waals surface area contributed by atoms with Crippen molar-refractivity contribution in [2.75, 3.05) is 13.2 Å². The second-order valence-corrected chi connectivity index (χ2v) is 3.30. The summed E-state index contributed by atoms with van der Waals surface area (Å²) in [5.74, 6) is 0. The largest absolute Gasteiger partial charge is 0.396 e. The highest BCUT2D eigenvalue weighted by atomic mass is 16.3. The summed E-state index contributed by atoms with van der Waals surface area (Å²) in [4.78, 5) is 0. The molecule has 1 aliphatic carbocycles. The molecule has 0 saturated heterocycles. The van der Waals surface area contributed by atoms with Gasteiger partial charge in [0.1, 0.15) is 0 Å². The monoisotopic (exact) mass is 158 g/mol. The first-order chi connectivity index (χ1) is 5.33. The number of hydrogen-bond donors (Lipinski definition) is 3. The summed E-state index contributed by atoms with van der Waals surface area (Å²) in [6, 6.07) is 1.01. The summed E-state index contributed by atoms with van der Waals surface area (Å²) in [5.41, 5.74) is 5.74. The quantitative estimate of drug-likeness (QED) is 0.498. The van der Waals surface area contributed by atoms with Gasteiger partial charge in [0.25, 0.3) is 0 Å². The maximum atomic E-state index is 8.53. The van der Waals surface area contributed by atoms with Gasteiger partial charge in [0.2, 0.25) is 0 Å². The highest BCUT2D eigenvalue weighted by molar-refractivity contribution is 4.82. The normalized spacial score (nSPS) is 31.1. The van der Waals surface area contributed by atoms with E-state index in [4.69, 9.17) is 10.8 Å². The zero-order valence-corrected chi connectivity index (χ0v) is 6.92. The van der Waals surface area contributed by atoms with Crippen molar-refractivity contribution < 1.29 is 5.11 Å². The average Bonchev–Trinajstić information content (AvgIpc) is 2.37. The molecule has 3 nitrogen and oxygen atoms in total. The fourth-order valence-electron chi connectivity index (χ4n) is 1.59. The molecule has 0 aromatic carbocycles. The van der Waals surface area contributed by atoms with Crippen LogP contribution in [0, 0.1) is 0 Å². The van der Waals surface area contributed by atoms with Crippen LogP contribution in [-0.2, 0) is 0 Å². The number of nitrogens with one attached hydrogen (secondary N) is 1. The van der Waals surface area contributed by atoms with E-state index in [-0.39, 0.29) is 6.61 Å². The van der Waals surface area contributed by atoms with Crippen molar-refractivity contribution in [2.45, 2.75) is 37.8 Å². The molecule has 1 aliphatic rings. The topological polar surface area (TPSA) is 58.3 Å². The first kappa shape index (κ1) is 8.97. The van der Waals surface area contributed by atoms with Crippen LogP contribution >= 0.6 is 0 Å². The molecule has 4 N–H and O–H groups in total. The Bertz CT molecular complexity index is 108. The first-order valence-electron chi connectivity index (χ1n) is 4.42. The Morgan fingerprint density at radius 3 is 2.82 bits per heavy atom. The van der Waals surface area contributed by atoms with Crippen LogP contribution < -0.4 is 11.1 Å². The molecule has 0 aliphatic heterocycles. The fourth-order valence-corrected chi connectivity index (χ4v) is 1.59. The molecule has 0 aromatic rings. The fraction of sp³-hybridized carbons (Fsp3) is 1.00. The molecule has 11 heavy (non-hydrogen) atoms.